The van der Waals surface area contributed by atoms with Gasteiger partial charge < -0.3 is 16.2 Å². The fraction of sp³-hybridized carbons (Fsp3) is 0.500. The third-order valence-corrected chi connectivity index (χ3v) is 4.66. The quantitative estimate of drug-likeness (QED) is 0.874. The molecule has 4 N–H and O–H groups in total. The van der Waals surface area contributed by atoms with Crippen molar-refractivity contribution in [1.82, 2.24) is 0 Å². The minimum Gasteiger partial charge on any atom is -0.489 e. The van der Waals surface area contributed by atoms with Gasteiger partial charge in [-0.05, 0) is 38.7 Å². The van der Waals surface area contributed by atoms with Crippen molar-refractivity contribution in [3.8, 4) is 5.75 Å². The molecule has 1 aliphatic carbocycles. The third kappa shape index (κ3) is 2.88. The van der Waals surface area contributed by atoms with E-state index in [-0.39, 0.29) is 22.7 Å². The first-order valence-corrected chi connectivity index (χ1v) is 8.46. The van der Waals surface area contributed by atoms with Crippen molar-refractivity contribution in [1.29, 1.82) is 0 Å². The number of aliphatic imine (C=N–C) groups is 2. The van der Waals surface area contributed by atoms with Crippen molar-refractivity contribution >= 4 is 29.2 Å². The first-order chi connectivity index (χ1) is 11.5. The average molecular weight is 354 g/mol. The number of ether oxygens (including phenoxy) is 1. The molecule has 0 saturated heterocycles. The molecule has 130 valence electrons. The van der Waals surface area contributed by atoms with Crippen molar-refractivity contribution in [3.63, 3.8) is 0 Å². The summed E-state index contributed by atoms with van der Waals surface area (Å²) in [4.78, 5) is 10.4. The zero-order chi connectivity index (χ0) is 17.3. The van der Waals surface area contributed by atoms with E-state index < -0.39 is 11.5 Å². The molecule has 24 heavy (non-hydrogen) atoms. The highest BCUT2D eigenvalue weighted by Gasteiger charge is 2.43. The maximum Gasteiger partial charge on any atom is 0.220 e. The van der Waals surface area contributed by atoms with Crippen LogP contribution in [-0.4, -0.2) is 24.2 Å². The molecular weight excluding hydrogens is 333 g/mol. The number of hydrogen-bond acceptors (Lipinski definition) is 6. The highest BCUT2D eigenvalue weighted by atomic mass is 35.5. The summed E-state index contributed by atoms with van der Waals surface area (Å²) in [5.41, 5.74) is 11.8. The topological polar surface area (TPSA) is 89.2 Å². The number of guanidine groups is 2. The summed E-state index contributed by atoms with van der Waals surface area (Å²) < 4.78 is 19.7. The van der Waals surface area contributed by atoms with E-state index in [1.165, 1.54) is 6.07 Å². The standard InChI is InChI=1S/C16H21ClFN5O/c1-2-24-13-11(17)8-10(9-12(13)18)23-15(20)21-14(19)22-16(23)6-4-3-5-7-16/h8-9H,2-7H2,1H3,(H4,19,20,21,22). The van der Waals surface area contributed by atoms with Crippen LogP contribution in [-0.2, 0) is 0 Å². The normalized spacial score (nSPS) is 19.9. The second-order valence-electron chi connectivity index (χ2n) is 5.99. The molecule has 8 heteroatoms. The molecule has 1 fully saturated rings. The monoisotopic (exact) mass is 353 g/mol. The summed E-state index contributed by atoms with van der Waals surface area (Å²) >= 11 is 6.20. The van der Waals surface area contributed by atoms with Crippen LogP contribution in [0.1, 0.15) is 39.0 Å². The molecule has 1 aromatic rings. The first-order valence-electron chi connectivity index (χ1n) is 8.08. The second-order valence-corrected chi connectivity index (χ2v) is 6.40. The van der Waals surface area contributed by atoms with Crippen molar-refractivity contribution in [2.75, 3.05) is 11.5 Å². The van der Waals surface area contributed by atoms with Crippen molar-refractivity contribution in [2.45, 2.75) is 44.7 Å². The number of nitrogens with zero attached hydrogens (tertiary/aromatic N) is 3. The molecule has 2 aliphatic rings. The van der Waals surface area contributed by atoms with Gasteiger partial charge >= 0.3 is 0 Å². The lowest BCUT2D eigenvalue weighted by Gasteiger charge is -2.45. The number of rotatable bonds is 3. The number of hydrogen-bond donors (Lipinski definition) is 2. The van der Waals surface area contributed by atoms with Gasteiger partial charge in [0, 0.05) is 6.07 Å². The maximum absolute atomic E-state index is 14.4. The summed E-state index contributed by atoms with van der Waals surface area (Å²) in [5, 5.41) is 0.188. The van der Waals surface area contributed by atoms with Crippen LogP contribution in [0.4, 0.5) is 10.1 Å². The van der Waals surface area contributed by atoms with Crippen molar-refractivity contribution < 1.29 is 9.13 Å². The van der Waals surface area contributed by atoms with Crippen LogP contribution in [0.5, 0.6) is 5.75 Å². The number of benzene rings is 1. The van der Waals surface area contributed by atoms with E-state index in [2.05, 4.69) is 9.98 Å². The van der Waals surface area contributed by atoms with E-state index in [1.54, 1.807) is 17.9 Å². The lowest BCUT2D eigenvalue weighted by atomic mass is 9.87. The summed E-state index contributed by atoms with van der Waals surface area (Å²) in [5.74, 6) is -0.149. The predicted octanol–water partition coefficient (Wildman–Crippen LogP) is 2.99. The van der Waals surface area contributed by atoms with Gasteiger partial charge in [0.15, 0.2) is 11.6 Å². The Labute approximate surface area is 145 Å². The van der Waals surface area contributed by atoms with Crippen LogP contribution in [0.3, 0.4) is 0 Å². The molecule has 1 spiro atoms. The van der Waals surface area contributed by atoms with E-state index in [9.17, 15) is 4.39 Å². The van der Waals surface area contributed by atoms with Gasteiger partial charge in [-0.3, -0.25) is 4.90 Å². The molecule has 0 atom stereocenters. The Hall–Kier alpha value is -2.02. The van der Waals surface area contributed by atoms with Gasteiger partial charge in [-0.2, -0.15) is 4.99 Å². The Kier molecular flexibility index (Phi) is 4.54. The van der Waals surface area contributed by atoms with Crippen LogP contribution in [0, 0.1) is 5.82 Å². The Morgan fingerprint density at radius 3 is 2.62 bits per heavy atom. The van der Waals surface area contributed by atoms with Gasteiger partial charge in [-0.25, -0.2) is 9.38 Å². The van der Waals surface area contributed by atoms with Gasteiger partial charge in [-0.1, -0.05) is 18.0 Å². The van der Waals surface area contributed by atoms with Crippen LogP contribution in [0.25, 0.3) is 0 Å². The van der Waals surface area contributed by atoms with Crippen molar-refractivity contribution in [2.24, 2.45) is 21.5 Å². The minimum atomic E-state index is -0.628. The molecule has 0 unspecified atom stereocenters. The Morgan fingerprint density at radius 1 is 1.29 bits per heavy atom. The Bertz CT molecular complexity index is 677. The fourth-order valence-electron chi connectivity index (χ4n) is 3.45. The van der Waals surface area contributed by atoms with Gasteiger partial charge in [0.2, 0.25) is 11.9 Å². The van der Waals surface area contributed by atoms with Gasteiger partial charge in [0.1, 0.15) is 5.66 Å². The largest absolute Gasteiger partial charge is 0.489 e. The first kappa shape index (κ1) is 16.8. The van der Waals surface area contributed by atoms with Crippen LogP contribution >= 0.6 is 11.6 Å². The zero-order valence-electron chi connectivity index (χ0n) is 13.6. The van der Waals surface area contributed by atoms with Crippen LogP contribution < -0.4 is 21.1 Å². The summed E-state index contributed by atoms with van der Waals surface area (Å²) in [6, 6.07) is 2.98. The number of anilines is 1. The van der Waals surface area contributed by atoms with Crippen LogP contribution in [0.2, 0.25) is 5.02 Å². The second kappa shape index (κ2) is 6.47. The molecule has 6 nitrogen and oxygen atoms in total. The molecule has 1 aromatic carbocycles. The zero-order valence-corrected chi connectivity index (χ0v) is 14.3. The lowest BCUT2D eigenvalue weighted by molar-refractivity contribution is 0.304. The molecule has 1 saturated carbocycles. The molecule has 0 amide bonds. The van der Waals surface area contributed by atoms with Gasteiger partial charge in [0.25, 0.3) is 0 Å². The summed E-state index contributed by atoms with van der Waals surface area (Å²) in [6.07, 6.45) is 4.66. The molecule has 0 radical (unpaired) electrons. The molecule has 1 aliphatic heterocycles. The van der Waals surface area contributed by atoms with E-state index in [0.29, 0.717) is 12.3 Å². The lowest BCUT2D eigenvalue weighted by Crippen LogP contribution is -2.58. The van der Waals surface area contributed by atoms with E-state index in [1.807, 2.05) is 0 Å². The smallest absolute Gasteiger partial charge is 0.220 e. The van der Waals surface area contributed by atoms with E-state index in [0.717, 1.165) is 32.1 Å². The van der Waals surface area contributed by atoms with Gasteiger partial charge in [0.05, 0.1) is 17.3 Å². The fourth-order valence-corrected chi connectivity index (χ4v) is 3.71. The molecule has 3 rings (SSSR count). The summed E-state index contributed by atoms with van der Waals surface area (Å²) in [7, 11) is 0. The van der Waals surface area contributed by atoms with E-state index >= 15 is 0 Å². The Balaban J connectivity index is 2.07. The van der Waals surface area contributed by atoms with E-state index in [4.69, 9.17) is 27.8 Å². The predicted molar refractivity (Wildman–Crippen MR) is 94.1 cm³/mol. The molecular formula is C16H21ClFN5O. The number of halogens is 2. The average Bonchev–Trinajstić information content (AvgIpc) is 2.51. The Morgan fingerprint density at radius 2 is 2.00 bits per heavy atom. The molecule has 0 bridgehead atoms. The van der Waals surface area contributed by atoms with Crippen molar-refractivity contribution in [3.05, 3.63) is 23.0 Å². The minimum absolute atomic E-state index is 0.0381. The maximum atomic E-state index is 14.4. The molecule has 1 heterocycles. The van der Waals surface area contributed by atoms with Gasteiger partial charge in [-0.15, -0.1) is 0 Å². The third-order valence-electron chi connectivity index (χ3n) is 4.38. The molecule has 0 aromatic heterocycles. The summed E-state index contributed by atoms with van der Waals surface area (Å²) in [6.45, 7) is 2.10. The van der Waals surface area contributed by atoms with Crippen LogP contribution in [0.15, 0.2) is 22.1 Å². The highest BCUT2D eigenvalue weighted by molar-refractivity contribution is 6.32. The number of nitrogens with two attached hydrogens (primary N) is 2. The highest BCUT2D eigenvalue weighted by Crippen LogP contribution is 2.42. The SMILES string of the molecule is CCOc1c(F)cc(N2C(N)=NC(N)=NC23CCCCC3)cc1Cl.